The van der Waals surface area contributed by atoms with Crippen molar-refractivity contribution in [3.8, 4) is 0 Å². The van der Waals surface area contributed by atoms with Gasteiger partial charge in [-0.3, -0.25) is 0 Å². The molecule has 1 N–H and O–H groups in total. The predicted molar refractivity (Wildman–Crippen MR) is 79.4 cm³/mol. The standard InChI is InChI=1S/C16H23NS/c1-17-15-7-2-3-8-16(15)18-14-10-9-12-5-4-6-13(12)11-14/h9-11,15-17H,2-8H2,1H3. The Morgan fingerprint density at radius 1 is 1.06 bits per heavy atom. The van der Waals surface area contributed by atoms with Crippen molar-refractivity contribution in [2.24, 2.45) is 0 Å². The van der Waals surface area contributed by atoms with Gasteiger partial charge in [0.1, 0.15) is 0 Å². The van der Waals surface area contributed by atoms with Crippen LogP contribution in [0.25, 0.3) is 0 Å². The highest BCUT2D eigenvalue weighted by molar-refractivity contribution is 8.00. The van der Waals surface area contributed by atoms with E-state index < -0.39 is 0 Å². The quantitative estimate of drug-likeness (QED) is 0.888. The van der Waals surface area contributed by atoms with Crippen LogP contribution in [0, 0.1) is 0 Å². The molecule has 18 heavy (non-hydrogen) atoms. The molecule has 1 nitrogen and oxygen atoms in total. The van der Waals surface area contributed by atoms with Crippen LogP contribution in [0.5, 0.6) is 0 Å². The molecule has 2 atom stereocenters. The van der Waals surface area contributed by atoms with Crippen LogP contribution in [0.2, 0.25) is 0 Å². The summed E-state index contributed by atoms with van der Waals surface area (Å²) in [5.74, 6) is 0. The van der Waals surface area contributed by atoms with E-state index in [1.54, 1.807) is 11.1 Å². The lowest BCUT2D eigenvalue weighted by Gasteiger charge is -2.30. The number of thioether (sulfide) groups is 1. The number of aryl methyl sites for hydroxylation is 2. The summed E-state index contributed by atoms with van der Waals surface area (Å²) in [6.45, 7) is 0. The summed E-state index contributed by atoms with van der Waals surface area (Å²) in [7, 11) is 2.12. The first-order valence-corrected chi connectivity index (χ1v) is 8.20. The van der Waals surface area contributed by atoms with Crippen LogP contribution < -0.4 is 5.32 Å². The first kappa shape index (κ1) is 12.6. The van der Waals surface area contributed by atoms with Crippen molar-refractivity contribution in [3.05, 3.63) is 29.3 Å². The molecular weight excluding hydrogens is 238 g/mol. The zero-order valence-electron chi connectivity index (χ0n) is 11.2. The van der Waals surface area contributed by atoms with Gasteiger partial charge in [-0.25, -0.2) is 0 Å². The summed E-state index contributed by atoms with van der Waals surface area (Å²) in [6, 6.07) is 7.86. The average Bonchev–Trinajstić information content (AvgIpc) is 2.87. The highest BCUT2D eigenvalue weighted by Gasteiger charge is 2.24. The second-order valence-corrected chi connectivity index (χ2v) is 6.93. The molecule has 0 spiro atoms. The SMILES string of the molecule is CNC1CCCCC1Sc1ccc2c(c1)CCC2. The summed E-state index contributed by atoms with van der Waals surface area (Å²) < 4.78 is 0. The van der Waals surface area contributed by atoms with E-state index >= 15 is 0 Å². The van der Waals surface area contributed by atoms with Crippen molar-refractivity contribution in [2.45, 2.75) is 61.1 Å². The van der Waals surface area contributed by atoms with E-state index in [0.717, 1.165) is 5.25 Å². The molecule has 2 heteroatoms. The Morgan fingerprint density at radius 3 is 2.78 bits per heavy atom. The minimum absolute atomic E-state index is 0.706. The van der Waals surface area contributed by atoms with Gasteiger partial charge in [0.05, 0.1) is 0 Å². The average molecular weight is 261 g/mol. The normalized spacial score (nSPS) is 27.2. The Kier molecular flexibility index (Phi) is 3.95. The number of nitrogens with one attached hydrogen (secondary N) is 1. The lowest BCUT2D eigenvalue weighted by atomic mass is 9.95. The van der Waals surface area contributed by atoms with Crippen LogP contribution in [0.1, 0.15) is 43.2 Å². The number of hydrogen-bond donors (Lipinski definition) is 1. The van der Waals surface area contributed by atoms with Crippen molar-refractivity contribution in [1.29, 1.82) is 0 Å². The van der Waals surface area contributed by atoms with Crippen LogP contribution in [-0.2, 0) is 12.8 Å². The summed E-state index contributed by atoms with van der Waals surface area (Å²) >= 11 is 2.10. The third-order valence-corrected chi connectivity index (χ3v) is 5.82. The molecule has 0 amide bonds. The first-order valence-electron chi connectivity index (χ1n) is 7.32. The summed E-state index contributed by atoms with van der Waals surface area (Å²) in [4.78, 5) is 1.49. The highest BCUT2D eigenvalue weighted by Crippen LogP contribution is 2.35. The maximum atomic E-state index is 3.51. The van der Waals surface area contributed by atoms with Crippen molar-refractivity contribution < 1.29 is 0 Å². The minimum Gasteiger partial charge on any atom is -0.316 e. The van der Waals surface area contributed by atoms with E-state index in [4.69, 9.17) is 0 Å². The second kappa shape index (κ2) is 5.66. The van der Waals surface area contributed by atoms with Crippen LogP contribution in [0.15, 0.2) is 23.1 Å². The molecular formula is C16H23NS. The zero-order valence-corrected chi connectivity index (χ0v) is 12.1. The molecule has 0 heterocycles. The molecule has 0 radical (unpaired) electrons. The predicted octanol–water partition coefficient (Wildman–Crippen LogP) is 3.80. The summed E-state index contributed by atoms with van der Waals surface area (Å²) in [5.41, 5.74) is 3.20. The Hall–Kier alpha value is -0.470. The van der Waals surface area contributed by atoms with Gasteiger partial charge < -0.3 is 5.32 Å². The molecule has 3 rings (SSSR count). The van der Waals surface area contributed by atoms with E-state index in [0.29, 0.717) is 6.04 Å². The number of fused-ring (bicyclic) bond motifs is 1. The minimum atomic E-state index is 0.706. The van der Waals surface area contributed by atoms with Crippen molar-refractivity contribution in [2.75, 3.05) is 7.05 Å². The van der Waals surface area contributed by atoms with Crippen LogP contribution >= 0.6 is 11.8 Å². The number of rotatable bonds is 3. The molecule has 2 unspecified atom stereocenters. The van der Waals surface area contributed by atoms with Gasteiger partial charge in [-0.1, -0.05) is 18.9 Å². The molecule has 1 fully saturated rings. The van der Waals surface area contributed by atoms with Crippen molar-refractivity contribution in [3.63, 3.8) is 0 Å². The number of benzene rings is 1. The van der Waals surface area contributed by atoms with Crippen LogP contribution in [0.4, 0.5) is 0 Å². The van der Waals surface area contributed by atoms with E-state index in [1.165, 1.54) is 49.8 Å². The lowest BCUT2D eigenvalue weighted by Crippen LogP contribution is -2.38. The van der Waals surface area contributed by atoms with Crippen LogP contribution in [-0.4, -0.2) is 18.3 Å². The molecule has 0 saturated heterocycles. The fourth-order valence-electron chi connectivity index (χ4n) is 3.36. The van der Waals surface area contributed by atoms with Gasteiger partial charge >= 0.3 is 0 Å². The topological polar surface area (TPSA) is 12.0 Å². The Bertz CT molecular complexity index is 416. The molecule has 2 aliphatic carbocycles. The molecule has 0 aromatic heterocycles. The van der Waals surface area contributed by atoms with Gasteiger partial charge in [0, 0.05) is 16.2 Å². The molecule has 98 valence electrons. The smallest absolute Gasteiger partial charge is 0.0248 e. The molecule has 1 saturated carbocycles. The second-order valence-electron chi connectivity index (χ2n) is 5.62. The van der Waals surface area contributed by atoms with Crippen molar-refractivity contribution >= 4 is 11.8 Å². The monoisotopic (exact) mass is 261 g/mol. The summed E-state index contributed by atoms with van der Waals surface area (Å²) in [6.07, 6.45) is 9.46. The molecule has 1 aromatic carbocycles. The van der Waals surface area contributed by atoms with Crippen molar-refractivity contribution in [1.82, 2.24) is 5.32 Å². The third kappa shape index (κ3) is 2.60. The zero-order chi connectivity index (χ0) is 12.4. The fraction of sp³-hybridized carbons (Fsp3) is 0.625. The fourth-order valence-corrected chi connectivity index (χ4v) is 4.79. The Balaban J connectivity index is 1.71. The molecule has 0 bridgehead atoms. The first-order chi connectivity index (χ1) is 8.86. The largest absolute Gasteiger partial charge is 0.316 e. The lowest BCUT2D eigenvalue weighted by molar-refractivity contribution is 0.405. The Morgan fingerprint density at radius 2 is 1.89 bits per heavy atom. The van der Waals surface area contributed by atoms with E-state index in [-0.39, 0.29) is 0 Å². The van der Waals surface area contributed by atoms with Gasteiger partial charge in [-0.15, -0.1) is 11.8 Å². The maximum Gasteiger partial charge on any atom is 0.0248 e. The van der Waals surface area contributed by atoms with E-state index in [1.807, 2.05) is 0 Å². The van der Waals surface area contributed by atoms with Gasteiger partial charge in [0.15, 0.2) is 0 Å². The van der Waals surface area contributed by atoms with Gasteiger partial charge in [0.25, 0.3) is 0 Å². The van der Waals surface area contributed by atoms with E-state index in [9.17, 15) is 0 Å². The van der Waals surface area contributed by atoms with Gasteiger partial charge in [-0.2, -0.15) is 0 Å². The van der Waals surface area contributed by atoms with Crippen LogP contribution in [0.3, 0.4) is 0 Å². The molecule has 2 aliphatic rings. The summed E-state index contributed by atoms with van der Waals surface area (Å²) in [5, 5.41) is 4.27. The van der Waals surface area contributed by atoms with E-state index in [2.05, 4.69) is 42.3 Å². The molecule has 1 aromatic rings. The third-order valence-electron chi connectivity index (χ3n) is 4.43. The van der Waals surface area contributed by atoms with Gasteiger partial charge in [-0.05, 0) is 62.4 Å². The number of hydrogen-bond acceptors (Lipinski definition) is 2. The Labute approximate surface area is 115 Å². The highest BCUT2D eigenvalue weighted by atomic mass is 32.2. The maximum absolute atomic E-state index is 3.51. The molecule has 0 aliphatic heterocycles. The van der Waals surface area contributed by atoms with Gasteiger partial charge in [0.2, 0.25) is 0 Å².